The Morgan fingerprint density at radius 2 is 1.94 bits per heavy atom. The van der Waals surface area contributed by atoms with Crippen LogP contribution in [0.4, 0.5) is 0 Å². The molecule has 16 heavy (non-hydrogen) atoms. The third kappa shape index (κ3) is 1.92. The summed E-state index contributed by atoms with van der Waals surface area (Å²) in [6.45, 7) is 6.12. The molecule has 0 bridgehead atoms. The summed E-state index contributed by atoms with van der Waals surface area (Å²) in [5, 5.41) is 10.9. The van der Waals surface area contributed by atoms with Crippen LogP contribution in [-0.4, -0.2) is 10.1 Å². The first-order chi connectivity index (χ1) is 7.39. The van der Waals surface area contributed by atoms with Crippen LogP contribution in [0.5, 0.6) is 5.75 Å². The van der Waals surface area contributed by atoms with Crippen LogP contribution in [0.25, 0.3) is 10.9 Å². The summed E-state index contributed by atoms with van der Waals surface area (Å²) in [5.74, 6) is 0.262. The van der Waals surface area contributed by atoms with Gasteiger partial charge in [0.05, 0.1) is 11.2 Å². The Morgan fingerprint density at radius 3 is 2.56 bits per heavy atom. The monoisotopic (exact) mass is 279 g/mol. The van der Waals surface area contributed by atoms with Crippen molar-refractivity contribution in [3.05, 3.63) is 34.4 Å². The van der Waals surface area contributed by atoms with Gasteiger partial charge < -0.3 is 5.11 Å². The Bertz CT molecular complexity index is 543. The highest BCUT2D eigenvalue weighted by molar-refractivity contribution is 9.10. The van der Waals surface area contributed by atoms with Gasteiger partial charge in [-0.25, -0.2) is 4.98 Å². The molecule has 3 heteroatoms. The lowest BCUT2D eigenvalue weighted by Crippen LogP contribution is -2.13. The molecular formula is C13H14BrNO. The van der Waals surface area contributed by atoms with Crippen molar-refractivity contribution in [1.29, 1.82) is 0 Å². The second-order valence-electron chi connectivity index (χ2n) is 4.92. The predicted octanol–water partition coefficient (Wildman–Crippen LogP) is 4.00. The number of hydrogen-bond donors (Lipinski definition) is 1. The van der Waals surface area contributed by atoms with Crippen LogP contribution < -0.4 is 0 Å². The summed E-state index contributed by atoms with van der Waals surface area (Å²) in [7, 11) is 0. The summed E-state index contributed by atoms with van der Waals surface area (Å²) < 4.78 is 0.954. The van der Waals surface area contributed by atoms with Gasteiger partial charge in [0, 0.05) is 15.3 Å². The lowest BCUT2D eigenvalue weighted by Gasteiger charge is -2.19. The topological polar surface area (TPSA) is 33.1 Å². The Hall–Kier alpha value is -1.09. The molecule has 0 saturated heterocycles. The van der Waals surface area contributed by atoms with E-state index >= 15 is 0 Å². The van der Waals surface area contributed by atoms with E-state index < -0.39 is 0 Å². The average molecular weight is 280 g/mol. The van der Waals surface area contributed by atoms with E-state index in [0.717, 1.165) is 21.1 Å². The molecular weight excluding hydrogens is 266 g/mol. The molecule has 0 spiro atoms. The Kier molecular flexibility index (Phi) is 2.66. The number of nitrogens with zero attached hydrogens (tertiary/aromatic N) is 1. The maximum absolute atomic E-state index is 9.96. The lowest BCUT2D eigenvalue weighted by molar-refractivity contribution is 0.440. The maximum Gasteiger partial charge on any atom is 0.138 e. The SMILES string of the molecule is CC(C)(C)c1nc2c(Br)cccc2cc1O. The first-order valence-electron chi connectivity index (χ1n) is 5.18. The fraction of sp³-hybridized carbons (Fsp3) is 0.308. The number of hydrogen-bond acceptors (Lipinski definition) is 2. The number of aromatic hydroxyl groups is 1. The highest BCUT2D eigenvalue weighted by atomic mass is 79.9. The molecule has 1 aromatic carbocycles. The van der Waals surface area contributed by atoms with E-state index in [9.17, 15) is 5.11 Å². The summed E-state index contributed by atoms with van der Waals surface area (Å²) in [4.78, 5) is 4.55. The summed E-state index contributed by atoms with van der Waals surface area (Å²) >= 11 is 3.48. The Labute approximate surface area is 103 Å². The quantitative estimate of drug-likeness (QED) is 0.791. The van der Waals surface area contributed by atoms with Crippen LogP contribution >= 0.6 is 15.9 Å². The van der Waals surface area contributed by atoms with Gasteiger partial charge in [0.25, 0.3) is 0 Å². The first-order valence-corrected chi connectivity index (χ1v) is 5.97. The second kappa shape index (κ2) is 3.74. The molecule has 0 amide bonds. The molecule has 2 nitrogen and oxygen atoms in total. The van der Waals surface area contributed by atoms with Gasteiger partial charge in [0.15, 0.2) is 0 Å². The number of pyridine rings is 1. The van der Waals surface area contributed by atoms with Gasteiger partial charge in [0.1, 0.15) is 5.75 Å². The fourth-order valence-electron chi connectivity index (χ4n) is 1.70. The summed E-state index contributed by atoms with van der Waals surface area (Å²) in [6.07, 6.45) is 0. The van der Waals surface area contributed by atoms with Crippen molar-refractivity contribution in [2.24, 2.45) is 0 Å². The zero-order valence-corrected chi connectivity index (χ0v) is 11.2. The molecule has 1 aromatic heterocycles. The number of halogens is 1. The van der Waals surface area contributed by atoms with Crippen LogP contribution in [0, 0.1) is 0 Å². The van der Waals surface area contributed by atoms with Gasteiger partial charge in [0.2, 0.25) is 0 Å². The van der Waals surface area contributed by atoms with Gasteiger partial charge >= 0.3 is 0 Å². The largest absolute Gasteiger partial charge is 0.506 e. The van der Waals surface area contributed by atoms with Crippen molar-refractivity contribution < 1.29 is 5.11 Å². The molecule has 0 radical (unpaired) electrons. The number of para-hydroxylation sites is 1. The van der Waals surface area contributed by atoms with E-state index in [1.807, 2.05) is 39.0 Å². The minimum atomic E-state index is -0.159. The second-order valence-corrected chi connectivity index (χ2v) is 5.77. The molecule has 0 aliphatic heterocycles. The number of rotatable bonds is 0. The van der Waals surface area contributed by atoms with Crippen LogP contribution in [0.2, 0.25) is 0 Å². The molecule has 0 aliphatic rings. The van der Waals surface area contributed by atoms with Crippen LogP contribution in [0.3, 0.4) is 0 Å². The molecule has 0 unspecified atom stereocenters. The van der Waals surface area contributed by atoms with E-state index in [4.69, 9.17) is 0 Å². The van der Waals surface area contributed by atoms with E-state index in [1.54, 1.807) is 6.07 Å². The Morgan fingerprint density at radius 1 is 1.25 bits per heavy atom. The number of fused-ring (bicyclic) bond motifs is 1. The van der Waals surface area contributed by atoms with E-state index in [0.29, 0.717) is 0 Å². The van der Waals surface area contributed by atoms with Gasteiger partial charge in [-0.1, -0.05) is 32.9 Å². The van der Waals surface area contributed by atoms with Crippen LogP contribution in [0.15, 0.2) is 28.7 Å². The van der Waals surface area contributed by atoms with Crippen LogP contribution in [-0.2, 0) is 5.41 Å². The third-order valence-electron chi connectivity index (χ3n) is 2.49. The molecule has 1 N–H and O–H groups in total. The highest BCUT2D eigenvalue weighted by Crippen LogP contribution is 2.33. The van der Waals surface area contributed by atoms with Crippen molar-refractivity contribution in [2.75, 3.05) is 0 Å². The third-order valence-corrected chi connectivity index (χ3v) is 3.13. The lowest BCUT2D eigenvalue weighted by atomic mass is 9.90. The highest BCUT2D eigenvalue weighted by Gasteiger charge is 2.20. The molecule has 0 fully saturated rings. The molecule has 2 rings (SSSR count). The minimum Gasteiger partial charge on any atom is -0.506 e. The number of aromatic nitrogens is 1. The minimum absolute atomic E-state index is 0.159. The van der Waals surface area contributed by atoms with Gasteiger partial charge in [-0.3, -0.25) is 0 Å². The van der Waals surface area contributed by atoms with Crippen molar-refractivity contribution in [3.63, 3.8) is 0 Å². The first kappa shape index (κ1) is 11.4. The van der Waals surface area contributed by atoms with E-state index in [2.05, 4.69) is 20.9 Å². The predicted molar refractivity (Wildman–Crippen MR) is 69.8 cm³/mol. The molecule has 2 aromatic rings. The fourth-order valence-corrected chi connectivity index (χ4v) is 2.17. The smallest absolute Gasteiger partial charge is 0.138 e. The van der Waals surface area contributed by atoms with E-state index in [1.165, 1.54) is 0 Å². The van der Waals surface area contributed by atoms with Crippen molar-refractivity contribution >= 4 is 26.8 Å². The molecule has 0 aliphatic carbocycles. The molecule has 0 saturated carbocycles. The maximum atomic E-state index is 9.96. The van der Waals surface area contributed by atoms with Gasteiger partial charge in [-0.05, 0) is 28.1 Å². The van der Waals surface area contributed by atoms with Gasteiger partial charge in [-0.15, -0.1) is 0 Å². The zero-order chi connectivity index (χ0) is 11.9. The normalized spacial score (nSPS) is 12.0. The zero-order valence-electron chi connectivity index (χ0n) is 9.58. The van der Waals surface area contributed by atoms with Crippen molar-refractivity contribution in [1.82, 2.24) is 4.98 Å². The average Bonchev–Trinajstić information content (AvgIpc) is 2.15. The van der Waals surface area contributed by atoms with Crippen LogP contribution in [0.1, 0.15) is 26.5 Å². The van der Waals surface area contributed by atoms with E-state index in [-0.39, 0.29) is 11.2 Å². The summed E-state index contributed by atoms with van der Waals surface area (Å²) in [5.41, 5.74) is 1.46. The summed E-state index contributed by atoms with van der Waals surface area (Å²) in [6, 6.07) is 7.61. The standard InChI is InChI=1S/C13H14BrNO/c1-13(2,3)12-10(16)7-8-5-4-6-9(14)11(8)15-12/h4-7,16H,1-3H3. The molecule has 84 valence electrons. The number of benzene rings is 1. The Balaban J connectivity index is 2.80. The van der Waals surface area contributed by atoms with Crippen molar-refractivity contribution in [3.8, 4) is 5.75 Å². The molecule has 0 atom stereocenters. The van der Waals surface area contributed by atoms with Gasteiger partial charge in [-0.2, -0.15) is 0 Å². The van der Waals surface area contributed by atoms with Crippen molar-refractivity contribution in [2.45, 2.75) is 26.2 Å². The molecule has 1 heterocycles.